The molecule has 9 nitrogen and oxygen atoms in total. The molecule has 0 fully saturated rings. The van der Waals surface area contributed by atoms with Crippen molar-refractivity contribution in [2.75, 3.05) is 19.8 Å². The second-order valence-electron chi connectivity index (χ2n) is 10.2. The van der Waals surface area contributed by atoms with E-state index in [4.69, 9.17) is 37.4 Å². The van der Waals surface area contributed by atoms with E-state index >= 15 is 0 Å². The number of hydrogen-bond donors (Lipinski definition) is 0. The fourth-order valence-electron chi connectivity index (χ4n) is 4.13. The number of esters is 3. The van der Waals surface area contributed by atoms with Crippen LogP contribution in [0.1, 0.15) is 63.1 Å². The number of ether oxygens (including phenoxy) is 3. The third kappa shape index (κ3) is 15.4. The molecule has 0 amide bonds. The first-order chi connectivity index (χ1) is 25.7. The molecule has 2 aromatic carbocycles. The van der Waals surface area contributed by atoms with Gasteiger partial charge in [-0.25, -0.2) is 0 Å². The van der Waals surface area contributed by atoms with Crippen molar-refractivity contribution >= 4 is 99.6 Å². The molecular formula is C39H39Cl2N3O6Se3. The van der Waals surface area contributed by atoms with Crippen molar-refractivity contribution in [2.24, 2.45) is 0 Å². The molecule has 5 rings (SSSR count). The predicted molar refractivity (Wildman–Crippen MR) is 213 cm³/mol. The van der Waals surface area contributed by atoms with Gasteiger partial charge in [0.05, 0.1) is 0 Å². The van der Waals surface area contributed by atoms with Crippen LogP contribution in [0.2, 0.25) is 15.9 Å². The number of pyridine rings is 3. The number of rotatable bonds is 13. The van der Waals surface area contributed by atoms with E-state index in [0.29, 0.717) is 56.5 Å². The molecule has 0 radical (unpaired) electrons. The molecule has 0 saturated heterocycles. The summed E-state index contributed by atoms with van der Waals surface area (Å²) in [7, 11) is 0. The Balaban J connectivity index is 0.000000220. The molecular weight excluding hydrogens is 914 g/mol. The summed E-state index contributed by atoms with van der Waals surface area (Å²) < 4.78 is 17.7. The summed E-state index contributed by atoms with van der Waals surface area (Å²) in [5.41, 5.74) is 3.96. The third-order valence-corrected chi connectivity index (χ3v) is 13.2. The second kappa shape index (κ2) is 24.7. The van der Waals surface area contributed by atoms with Crippen molar-refractivity contribution in [3.05, 3.63) is 142 Å². The molecule has 3 aromatic heterocycles. The Morgan fingerprint density at radius 3 is 1.58 bits per heavy atom. The first-order valence-electron chi connectivity index (χ1n) is 16.3. The van der Waals surface area contributed by atoms with Crippen LogP contribution in [-0.4, -0.2) is 97.6 Å². The van der Waals surface area contributed by atoms with Gasteiger partial charge in [0.2, 0.25) is 0 Å². The molecule has 3 heterocycles. The van der Waals surface area contributed by atoms with Crippen molar-refractivity contribution in [3.8, 4) is 0 Å². The maximum atomic E-state index is 11.9. The van der Waals surface area contributed by atoms with Gasteiger partial charge in [-0.05, 0) is 0 Å². The summed E-state index contributed by atoms with van der Waals surface area (Å²) >= 11 is 12.1. The molecule has 0 saturated carbocycles. The fourth-order valence-corrected chi connectivity index (χ4v) is 9.45. The van der Waals surface area contributed by atoms with Crippen molar-refractivity contribution in [3.63, 3.8) is 0 Å². The Hall–Kier alpha value is -3.56. The van der Waals surface area contributed by atoms with Crippen LogP contribution in [-0.2, 0) is 24.8 Å². The summed E-state index contributed by atoms with van der Waals surface area (Å²) in [6, 6.07) is 26.1. The van der Waals surface area contributed by atoms with Gasteiger partial charge in [-0.2, -0.15) is 0 Å². The SMILES string of the molecule is CCOC(=O)c1ccccc1[Se]C.CCOC(=O)c1cccnc1[Se]Cc1ccc(Cl)cc1.CCOC(=O)c1cccnc1[Se]Cc1ccc(Cl)cn1. The van der Waals surface area contributed by atoms with E-state index in [0.717, 1.165) is 35.0 Å². The van der Waals surface area contributed by atoms with Crippen molar-refractivity contribution in [1.82, 2.24) is 15.0 Å². The van der Waals surface area contributed by atoms with Crippen LogP contribution in [0.25, 0.3) is 0 Å². The minimum absolute atomic E-state index is 0.0180. The first kappa shape index (κ1) is 43.8. The van der Waals surface area contributed by atoms with E-state index in [1.54, 1.807) is 56.7 Å². The second-order valence-corrected chi connectivity index (χ2v) is 16.9. The predicted octanol–water partition coefficient (Wildman–Crippen LogP) is 5.52. The van der Waals surface area contributed by atoms with Crippen molar-refractivity contribution in [2.45, 2.75) is 37.2 Å². The Labute approximate surface area is 339 Å². The van der Waals surface area contributed by atoms with Gasteiger partial charge in [-0.1, -0.05) is 0 Å². The fraction of sp³-hybridized carbons (Fsp3) is 0.231. The van der Waals surface area contributed by atoms with Gasteiger partial charge in [0.15, 0.2) is 0 Å². The van der Waals surface area contributed by atoms with Gasteiger partial charge in [0.25, 0.3) is 0 Å². The number of aromatic nitrogens is 3. The zero-order chi connectivity index (χ0) is 38.4. The average Bonchev–Trinajstić information content (AvgIpc) is 3.18. The Morgan fingerprint density at radius 1 is 0.585 bits per heavy atom. The monoisotopic (exact) mass is 955 g/mol. The number of carbonyl (C=O) groups is 3. The van der Waals surface area contributed by atoms with Crippen LogP contribution in [0, 0.1) is 0 Å². The summed E-state index contributed by atoms with van der Waals surface area (Å²) in [5, 5.41) is 2.97. The van der Waals surface area contributed by atoms with E-state index in [1.807, 2.05) is 67.6 Å². The van der Waals surface area contributed by atoms with Gasteiger partial charge in [0.1, 0.15) is 0 Å². The zero-order valence-corrected chi connectivity index (χ0v) is 36.3. The van der Waals surface area contributed by atoms with E-state index in [1.165, 1.54) is 5.56 Å². The molecule has 0 bridgehead atoms. The maximum absolute atomic E-state index is 11.9. The molecule has 0 aliphatic heterocycles. The molecule has 0 spiro atoms. The van der Waals surface area contributed by atoms with Gasteiger partial charge in [0, 0.05) is 0 Å². The van der Waals surface area contributed by atoms with E-state index in [-0.39, 0.29) is 47.8 Å². The molecule has 0 aliphatic carbocycles. The molecule has 5 aromatic rings. The quantitative estimate of drug-likeness (QED) is 0.0856. The number of hydrogen-bond acceptors (Lipinski definition) is 9. The van der Waals surface area contributed by atoms with E-state index in [2.05, 4.69) is 20.8 Å². The van der Waals surface area contributed by atoms with Crippen LogP contribution in [0.15, 0.2) is 104 Å². The van der Waals surface area contributed by atoms with E-state index < -0.39 is 0 Å². The van der Waals surface area contributed by atoms with Crippen LogP contribution >= 0.6 is 23.2 Å². The van der Waals surface area contributed by atoms with E-state index in [9.17, 15) is 14.4 Å². The molecule has 0 atom stereocenters. The van der Waals surface area contributed by atoms with Crippen LogP contribution in [0.3, 0.4) is 0 Å². The third-order valence-electron chi connectivity index (χ3n) is 6.57. The normalized spacial score (nSPS) is 10.2. The molecule has 53 heavy (non-hydrogen) atoms. The van der Waals surface area contributed by atoms with Crippen molar-refractivity contribution in [1.29, 1.82) is 0 Å². The first-order valence-corrected chi connectivity index (χ1v) is 23.8. The summed E-state index contributed by atoms with van der Waals surface area (Å²) in [4.78, 5) is 47.9. The molecule has 0 N–H and O–H groups in total. The van der Waals surface area contributed by atoms with Crippen molar-refractivity contribution < 1.29 is 28.6 Å². The Morgan fingerprint density at radius 2 is 1.08 bits per heavy atom. The summed E-state index contributed by atoms with van der Waals surface area (Å²) in [6.45, 7) is 6.57. The number of benzene rings is 2. The van der Waals surface area contributed by atoms with Gasteiger partial charge in [-0.3, -0.25) is 0 Å². The van der Waals surface area contributed by atoms with Crippen LogP contribution in [0.4, 0.5) is 0 Å². The molecule has 14 heteroatoms. The minimum atomic E-state index is -0.318. The number of halogens is 2. The number of carbonyl (C=O) groups excluding carboxylic acids is 3. The summed E-state index contributed by atoms with van der Waals surface area (Å²) in [5.74, 6) is 1.27. The standard InChI is InChI=1S/C15H14ClNO2Se.C14H13ClN2O2Se.C10H12O2Se/c1-2-19-15(18)13-4-3-9-17-14(13)20-10-11-5-7-12(16)8-6-11;1-2-19-14(18)12-4-3-7-16-13(12)20-9-11-6-5-10(15)8-17-11;1-3-12-10(11)8-6-4-5-7-9(8)13-2/h3-9H,2,10H2,1H3;3-8H,2,9H2,1H3;4-7H,3H2,1-2H3. The van der Waals surface area contributed by atoms with Gasteiger partial charge < -0.3 is 0 Å². The topological polar surface area (TPSA) is 118 Å². The Kier molecular flexibility index (Phi) is 20.4. The Bertz CT molecular complexity index is 1790. The molecule has 0 unspecified atom stereocenters. The van der Waals surface area contributed by atoms with Crippen LogP contribution < -0.4 is 13.6 Å². The average molecular weight is 954 g/mol. The molecule has 0 aliphatic rings. The van der Waals surface area contributed by atoms with Gasteiger partial charge >= 0.3 is 342 Å². The summed E-state index contributed by atoms with van der Waals surface area (Å²) in [6.07, 6.45) is 5.02. The van der Waals surface area contributed by atoms with Crippen LogP contribution in [0.5, 0.6) is 0 Å². The molecule has 278 valence electrons. The zero-order valence-electron chi connectivity index (χ0n) is 29.6. The number of nitrogens with zero attached hydrogens (tertiary/aromatic N) is 3. The van der Waals surface area contributed by atoms with Gasteiger partial charge in [-0.15, -0.1) is 0 Å².